The average molecular weight is 370 g/mol. The molecule has 0 saturated heterocycles. The van der Waals surface area contributed by atoms with Crippen LogP contribution < -0.4 is 5.32 Å². The van der Waals surface area contributed by atoms with Crippen LogP contribution in [0.3, 0.4) is 0 Å². The number of hydrogen-bond donors (Lipinski definition) is 1. The molecule has 2 aromatic rings. The highest BCUT2D eigenvalue weighted by atomic mass is 32.2. The maximum atomic E-state index is 12.4. The zero-order valence-corrected chi connectivity index (χ0v) is 16.8. The van der Waals surface area contributed by atoms with Crippen LogP contribution >= 0.6 is 11.8 Å². The van der Waals surface area contributed by atoms with Gasteiger partial charge in [0.25, 0.3) is 0 Å². The van der Waals surface area contributed by atoms with Crippen LogP contribution in [0.1, 0.15) is 49.2 Å². The summed E-state index contributed by atoms with van der Waals surface area (Å²) in [5.41, 5.74) is 3.27. The number of hydrogen-bond acceptors (Lipinski definition) is 3. The molecule has 0 unspecified atom stereocenters. The van der Waals surface area contributed by atoms with E-state index in [1.54, 1.807) is 11.8 Å². The van der Waals surface area contributed by atoms with Crippen LogP contribution in [-0.2, 0) is 16.6 Å². The summed E-state index contributed by atoms with van der Waals surface area (Å²) in [6, 6.07) is 16.1. The molecule has 2 aromatic carbocycles. The molecular formula is C22H27NO2S. The zero-order chi connectivity index (χ0) is 19.2. The van der Waals surface area contributed by atoms with Crippen molar-refractivity contribution in [1.82, 2.24) is 5.32 Å². The Morgan fingerprint density at radius 3 is 2.12 bits per heavy atom. The van der Waals surface area contributed by atoms with Gasteiger partial charge in [0.15, 0.2) is 5.78 Å². The molecule has 4 heteroatoms. The van der Waals surface area contributed by atoms with Crippen molar-refractivity contribution in [2.24, 2.45) is 0 Å². The SMILES string of the molecule is CC(=O)NCCc1ccc(C(=O)CSc2ccc(C(C)(C)C)cc2)cc1. The summed E-state index contributed by atoms with van der Waals surface area (Å²) in [7, 11) is 0. The Bertz CT molecular complexity index is 743. The number of thioether (sulfide) groups is 1. The summed E-state index contributed by atoms with van der Waals surface area (Å²) < 4.78 is 0. The molecule has 0 aromatic heterocycles. The quantitative estimate of drug-likeness (QED) is 0.571. The van der Waals surface area contributed by atoms with Crippen molar-refractivity contribution in [3.05, 3.63) is 65.2 Å². The molecule has 0 atom stereocenters. The summed E-state index contributed by atoms with van der Waals surface area (Å²) >= 11 is 1.57. The van der Waals surface area contributed by atoms with Crippen LogP contribution in [0.5, 0.6) is 0 Å². The van der Waals surface area contributed by atoms with E-state index in [1.807, 2.05) is 24.3 Å². The van der Waals surface area contributed by atoms with E-state index in [-0.39, 0.29) is 17.1 Å². The smallest absolute Gasteiger partial charge is 0.216 e. The van der Waals surface area contributed by atoms with Gasteiger partial charge in [0, 0.05) is 23.9 Å². The second-order valence-electron chi connectivity index (χ2n) is 7.42. The highest BCUT2D eigenvalue weighted by molar-refractivity contribution is 8.00. The van der Waals surface area contributed by atoms with Gasteiger partial charge in [-0.1, -0.05) is 57.2 Å². The number of rotatable bonds is 7. The summed E-state index contributed by atoms with van der Waals surface area (Å²) in [5.74, 6) is 0.535. The standard InChI is InChI=1S/C22H27NO2S/c1-16(24)23-14-13-17-5-7-18(8-6-17)21(25)15-26-20-11-9-19(10-12-20)22(2,3)4/h5-12H,13-15H2,1-4H3,(H,23,24). The zero-order valence-electron chi connectivity index (χ0n) is 16.0. The molecule has 0 radical (unpaired) electrons. The maximum Gasteiger partial charge on any atom is 0.216 e. The van der Waals surface area contributed by atoms with Gasteiger partial charge in [0.2, 0.25) is 5.91 Å². The minimum Gasteiger partial charge on any atom is -0.356 e. The third kappa shape index (κ3) is 6.34. The molecule has 0 fully saturated rings. The second-order valence-corrected chi connectivity index (χ2v) is 8.46. The lowest BCUT2D eigenvalue weighted by atomic mass is 9.87. The van der Waals surface area contributed by atoms with Crippen LogP contribution in [0.15, 0.2) is 53.4 Å². The van der Waals surface area contributed by atoms with Crippen molar-refractivity contribution < 1.29 is 9.59 Å². The highest BCUT2D eigenvalue weighted by Gasteiger charge is 2.13. The van der Waals surface area contributed by atoms with Crippen molar-refractivity contribution in [3.63, 3.8) is 0 Å². The summed E-state index contributed by atoms with van der Waals surface area (Å²) in [6.45, 7) is 8.70. The van der Waals surface area contributed by atoms with Gasteiger partial charge < -0.3 is 5.32 Å². The lowest BCUT2D eigenvalue weighted by molar-refractivity contribution is -0.118. The largest absolute Gasteiger partial charge is 0.356 e. The molecule has 0 spiro atoms. The van der Waals surface area contributed by atoms with Crippen molar-refractivity contribution in [3.8, 4) is 0 Å². The van der Waals surface area contributed by atoms with Crippen molar-refractivity contribution in [2.45, 2.75) is 44.4 Å². The number of ketones is 1. The summed E-state index contributed by atoms with van der Waals surface area (Å²) in [6.07, 6.45) is 0.767. The maximum absolute atomic E-state index is 12.4. The van der Waals surface area contributed by atoms with Crippen LogP contribution in [0.25, 0.3) is 0 Å². The minimum absolute atomic E-state index is 0.0237. The van der Waals surface area contributed by atoms with Crippen LogP contribution in [0, 0.1) is 0 Å². The first-order valence-corrected chi connectivity index (χ1v) is 9.84. The third-order valence-electron chi connectivity index (χ3n) is 4.15. The topological polar surface area (TPSA) is 46.2 Å². The van der Waals surface area contributed by atoms with E-state index in [2.05, 4.69) is 50.4 Å². The van der Waals surface area contributed by atoms with Gasteiger partial charge >= 0.3 is 0 Å². The Morgan fingerprint density at radius 1 is 0.962 bits per heavy atom. The van der Waals surface area contributed by atoms with E-state index in [4.69, 9.17) is 0 Å². The van der Waals surface area contributed by atoms with Gasteiger partial charge in [-0.05, 0) is 35.1 Å². The van der Waals surface area contributed by atoms with Gasteiger partial charge in [0.1, 0.15) is 0 Å². The molecule has 1 amide bonds. The van der Waals surface area contributed by atoms with Crippen molar-refractivity contribution in [2.75, 3.05) is 12.3 Å². The lowest BCUT2D eigenvalue weighted by Gasteiger charge is -2.19. The van der Waals surface area contributed by atoms with E-state index >= 15 is 0 Å². The fourth-order valence-electron chi connectivity index (χ4n) is 2.52. The molecule has 0 bridgehead atoms. The van der Waals surface area contributed by atoms with E-state index in [0.29, 0.717) is 12.3 Å². The lowest BCUT2D eigenvalue weighted by Crippen LogP contribution is -2.22. The molecule has 26 heavy (non-hydrogen) atoms. The Hall–Kier alpha value is -2.07. The molecule has 0 aliphatic rings. The van der Waals surface area contributed by atoms with Crippen LogP contribution in [-0.4, -0.2) is 24.0 Å². The molecule has 138 valence electrons. The molecule has 0 heterocycles. The van der Waals surface area contributed by atoms with Crippen LogP contribution in [0.2, 0.25) is 0 Å². The predicted octanol–water partition coefficient (Wildman–Crippen LogP) is 4.64. The molecule has 0 saturated carbocycles. The molecule has 3 nitrogen and oxygen atoms in total. The number of Topliss-reactive ketones (excluding diaryl/α,β-unsaturated/α-hetero) is 1. The molecule has 2 rings (SSSR count). The number of amides is 1. The highest BCUT2D eigenvalue weighted by Crippen LogP contribution is 2.26. The average Bonchev–Trinajstić information content (AvgIpc) is 2.59. The van der Waals surface area contributed by atoms with Gasteiger partial charge in [-0.2, -0.15) is 0 Å². The van der Waals surface area contributed by atoms with Crippen molar-refractivity contribution in [1.29, 1.82) is 0 Å². The Kier molecular flexibility index (Phi) is 7.04. The number of carbonyl (C=O) groups is 2. The second kappa shape index (κ2) is 9.04. The molecule has 1 N–H and O–H groups in total. The third-order valence-corrected chi connectivity index (χ3v) is 5.17. The predicted molar refractivity (Wildman–Crippen MR) is 109 cm³/mol. The summed E-state index contributed by atoms with van der Waals surface area (Å²) in [5, 5.41) is 2.77. The minimum atomic E-state index is -0.0237. The Labute approximate surface area is 160 Å². The first kappa shape index (κ1) is 20.2. The van der Waals surface area contributed by atoms with Gasteiger partial charge in [-0.3, -0.25) is 9.59 Å². The van der Waals surface area contributed by atoms with E-state index < -0.39 is 0 Å². The van der Waals surface area contributed by atoms with Crippen LogP contribution in [0.4, 0.5) is 0 Å². The number of benzene rings is 2. The monoisotopic (exact) mass is 369 g/mol. The summed E-state index contributed by atoms with van der Waals surface area (Å²) in [4.78, 5) is 24.4. The van der Waals surface area contributed by atoms with Gasteiger partial charge in [-0.15, -0.1) is 11.8 Å². The van der Waals surface area contributed by atoms with E-state index in [1.165, 1.54) is 12.5 Å². The van der Waals surface area contributed by atoms with Gasteiger partial charge in [-0.25, -0.2) is 0 Å². The first-order valence-electron chi connectivity index (χ1n) is 8.85. The van der Waals surface area contributed by atoms with Crippen molar-refractivity contribution >= 4 is 23.5 Å². The Balaban J connectivity index is 1.86. The fraction of sp³-hybridized carbons (Fsp3) is 0.364. The molecule has 0 aliphatic heterocycles. The van der Waals surface area contributed by atoms with E-state index in [9.17, 15) is 9.59 Å². The Morgan fingerprint density at radius 2 is 1.58 bits per heavy atom. The molecule has 0 aliphatic carbocycles. The van der Waals surface area contributed by atoms with E-state index in [0.717, 1.165) is 22.4 Å². The fourth-order valence-corrected chi connectivity index (χ4v) is 3.32. The molecular weight excluding hydrogens is 342 g/mol. The number of carbonyl (C=O) groups excluding carboxylic acids is 2. The normalized spacial score (nSPS) is 11.2. The first-order chi connectivity index (χ1) is 12.3. The number of nitrogens with one attached hydrogen (secondary N) is 1. The van der Waals surface area contributed by atoms with Gasteiger partial charge in [0.05, 0.1) is 5.75 Å².